The minimum Gasteiger partial charge on any atom is -0.486 e. The van der Waals surface area contributed by atoms with Gasteiger partial charge in [0.15, 0.2) is 0 Å². The van der Waals surface area contributed by atoms with Gasteiger partial charge in [-0.3, -0.25) is 9.69 Å². The maximum absolute atomic E-state index is 12.7. The summed E-state index contributed by atoms with van der Waals surface area (Å²) in [6, 6.07) is 17.7. The molecule has 0 saturated carbocycles. The fourth-order valence-electron chi connectivity index (χ4n) is 4.28. The van der Waals surface area contributed by atoms with Gasteiger partial charge in [-0.25, -0.2) is 0 Å². The van der Waals surface area contributed by atoms with Crippen LogP contribution in [0, 0.1) is 0 Å². The van der Waals surface area contributed by atoms with Crippen LogP contribution in [0.3, 0.4) is 0 Å². The van der Waals surface area contributed by atoms with E-state index >= 15 is 0 Å². The number of amides is 1. The molecule has 0 bridgehead atoms. The van der Waals surface area contributed by atoms with Gasteiger partial charge in [0.25, 0.3) is 0 Å². The van der Waals surface area contributed by atoms with Crippen LogP contribution < -0.4 is 10.1 Å². The van der Waals surface area contributed by atoms with Crippen molar-refractivity contribution in [1.29, 1.82) is 0 Å². The van der Waals surface area contributed by atoms with Crippen LogP contribution in [0.2, 0.25) is 0 Å². The van der Waals surface area contributed by atoms with Crippen molar-refractivity contribution >= 4 is 11.6 Å². The molecule has 0 spiro atoms. The number of unbranched alkanes of at least 4 members (excludes halogenated alkanes) is 2. The molecule has 32 heavy (non-hydrogen) atoms. The van der Waals surface area contributed by atoms with Crippen molar-refractivity contribution in [3.63, 3.8) is 0 Å². The number of anilines is 1. The van der Waals surface area contributed by atoms with E-state index in [4.69, 9.17) is 4.74 Å². The lowest BCUT2D eigenvalue weighted by Crippen LogP contribution is -2.58. The number of rotatable bonds is 10. The summed E-state index contributed by atoms with van der Waals surface area (Å²) in [5, 5.41) is 14.4. The van der Waals surface area contributed by atoms with Crippen LogP contribution in [0.15, 0.2) is 54.6 Å². The first-order chi connectivity index (χ1) is 15.4. The zero-order valence-electron chi connectivity index (χ0n) is 19.7. The van der Waals surface area contributed by atoms with E-state index in [1.807, 2.05) is 42.5 Å². The van der Waals surface area contributed by atoms with Crippen molar-refractivity contribution in [2.75, 3.05) is 25.0 Å². The number of hydrogen-bond acceptors (Lipinski definition) is 4. The fraction of sp³-hybridized carbons (Fsp3) is 0.519. The summed E-state index contributed by atoms with van der Waals surface area (Å²) in [4.78, 5) is 14.8. The molecule has 1 amide bonds. The topological polar surface area (TPSA) is 61.8 Å². The molecule has 2 aromatic carbocycles. The first-order valence-electron chi connectivity index (χ1n) is 12.0. The number of ether oxygens (including phenoxy) is 1. The van der Waals surface area contributed by atoms with Gasteiger partial charge in [0.2, 0.25) is 5.91 Å². The third-order valence-electron chi connectivity index (χ3n) is 6.35. The van der Waals surface area contributed by atoms with Crippen molar-refractivity contribution < 1.29 is 14.6 Å². The van der Waals surface area contributed by atoms with Crippen molar-refractivity contribution in [1.82, 2.24) is 4.90 Å². The first-order valence-corrected chi connectivity index (χ1v) is 12.0. The number of benzene rings is 2. The number of piperidine rings is 1. The second-order valence-electron chi connectivity index (χ2n) is 9.29. The largest absolute Gasteiger partial charge is 0.486 e. The summed E-state index contributed by atoms with van der Waals surface area (Å²) >= 11 is 0. The van der Waals surface area contributed by atoms with Gasteiger partial charge >= 0.3 is 0 Å². The lowest BCUT2D eigenvalue weighted by molar-refractivity contribution is -0.127. The quantitative estimate of drug-likeness (QED) is 0.500. The molecule has 5 nitrogen and oxygen atoms in total. The fourth-order valence-corrected chi connectivity index (χ4v) is 4.28. The van der Waals surface area contributed by atoms with Crippen molar-refractivity contribution in [3.8, 4) is 5.75 Å². The molecule has 1 fully saturated rings. The van der Waals surface area contributed by atoms with Gasteiger partial charge < -0.3 is 15.2 Å². The van der Waals surface area contributed by atoms with Gasteiger partial charge in [0.05, 0.1) is 6.54 Å². The predicted molar refractivity (Wildman–Crippen MR) is 130 cm³/mol. The Hall–Kier alpha value is -2.37. The van der Waals surface area contributed by atoms with Crippen LogP contribution in [0.25, 0.3) is 0 Å². The van der Waals surface area contributed by atoms with Crippen molar-refractivity contribution in [3.05, 3.63) is 60.2 Å². The number of para-hydroxylation sites is 1. The Balaban J connectivity index is 1.61. The number of carbonyl (C=O) groups excluding carboxylic acids is 1. The standard InChI is InChI=1S/C27H38N2O3/c1-4-5-9-16-27(31)17-18-29(19-25(27)32-24-10-7-6-8-11-24)20-26(30)28-23-14-12-22(13-15-23)21(2)3/h6-8,10-15,21,25,31H,4-5,9,16-20H2,1-3H3,(H,28,30)/t25-,27-/m0/s1. The first kappa shape index (κ1) is 24.3. The van der Waals surface area contributed by atoms with E-state index in [1.165, 1.54) is 5.56 Å². The highest BCUT2D eigenvalue weighted by molar-refractivity contribution is 5.92. The molecule has 0 aliphatic carbocycles. The van der Waals surface area contributed by atoms with Crippen LogP contribution in [0.4, 0.5) is 5.69 Å². The molecule has 2 N–H and O–H groups in total. The molecule has 1 aliphatic heterocycles. The molecule has 2 atom stereocenters. The van der Waals surface area contributed by atoms with Gasteiger partial charge in [0, 0.05) is 18.8 Å². The molecular formula is C27H38N2O3. The molecule has 1 heterocycles. The summed E-state index contributed by atoms with van der Waals surface area (Å²) in [6.07, 6.45) is 4.15. The lowest BCUT2D eigenvalue weighted by Gasteiger charge is -2.44. The third kappa shape index (κ3) is 6.81. The number of likely N-dealkylation sites (tertiary alicyclic amines) is 1. The molecule has 3 rings (SSSR count). The minimum atomic E-state index is -0.870. The third-order valence-corrected chi connectivity index (χ3v) is 6.35. The number of carbonyl (C=O) groups is 1. The second-order valence-corrected chi connectivity index (χ2v) is 9.29. The zero-order valence-corrected chi connectivity index (χ0v) is 19.7. The lowest BCUT2D eigenvalue weighted by atomic mass is 9.83. The second kappa shape index (κ2) is 11.5. The number of nitrogens with zero attached hydrogens (tertiary/aromatic N) is 1. The molecule has 1 saturated heterocycles. The summed E-state index contributed by atoms with van der Waals surface area (Å²) < 4.78 is 6.24. The van der Waals surface area contributed by atoms with Crippen LogP contribution in [0.1, 0.15) is 64.4 Å². The Morgan fingerprint density at radius 3 is 2.53 bits per heavy atom. The van der Waals surface area contributed by atoms with Crippen molar-refractivity contribution in [2.45, 2.75) is 70.5 Å². The number of hydrogen-bond donors (Lipinski definition) is 2. The van der Waals surface area contributed by atoms with E-state index in [1.54, 1.807) is 0 Å². The monoisotopic (exact) mass is 438 g/mol. The van der Waals surface area contributed by atoms with Gasteiger partial charge in [-0.15, -0.1) is 0 Å². The summed E-state index contributed by atoms with van der Waals surface area (Å²) in [7, 11) is 0. The Labute approximate surface area is 192 Å². The average Bonchev–Trinajstić information content (AvgIpc) is 2.77. The maximum atomic E-state index is 12.7. The summed E-state index contributed by atoms with van der Waals surface area (Å²) in [6.45, 7) is 7.96. The molecule has 174 valence electrons. The minimum absolute atomic E-state index is 0.0443. The molecular weight excluding hydrogens is 400 g/mol. The van der Waals surface area contributed by atoms with E-state index < -0.39 is 5.60 Å². The smallest absolute Gasteiger partial charge is 0.238 e. The predicted octanol–water partition coefficient (Wildman–Crippen LogP) is 5.21. The Kier molecular flexibility index (Phi) is 8.71. The molecule has 2 aromatic rings. The maximum Gasteiger partial charge on any atom is 0.238 e. The molecule has 1 aliphatic rings. The molecule has 0 aromatic heterocycles. The van der Waals surface area contributed by atoms with Crippen molar-refractivity contribution in [2.24, 2.45) is 0 Å². The van der Waals surface area contributed by atoms with Gasteiger partial charge in [-0.05, 0) is 48.6 Å². The SMILES string of the molecule is CCCCC[C@]1(O)CCN(CC(=O)Nc2ccc(C(C)C)cc2)C[C@@H]1Oc1ccccc1. The normalized spacial score (nSPS) is 21.5. The van der Waals surface area contributed by atoms with Crippen LogP contribution in [-0.2, 0) is 4.79 Å². The molecule has 0 unspecified atom stereocenters. The Bertz CT molecular complexity index is 838. The molecule has 5 heteroatoms. The summed E-state index contributed by atoms with van der Waals surface area (Å²) in [5.74, 6) is 1.17. The highest BCUT2D eigenvalue weighted by atomic mass is 16.5. The summed E-state index contributed by atoms with van der Waals surface area (Å²) in [5.41, 5.74) is 1.19. The Morgan fingerprint density at radius 2 is 1.88 bits per heavy atom. The van der Waals surface area contributed by atoms with E-state index in [0.717, 1.165) is 37.1 Å². The van der Waals surface area contributed by atoms with Gasteiger partial charge in [-0.1, -0.05) is 70.4 Å². The van der Waals surface area contributed by atoms with E-state index in [9.17, 15) is 9.90 Å². The van der Waals surface area contributed by atoms with Crippen LogP contribution in [-0.4, -0.2) is 47.3 Å². The van der Waals surface area contributed by atoms with E-state index in [2.05, 4.69) is 43.1 Å². The highest BCUT2D eigenvalue weighted by Crippen LogP contribution is 2.31. The van der Waals surface area contributed by atoms with Gasteiger partial charge in [-0.2, -0.15) is 0 Å². The average molecular weight is 439 g/mol. The molecule has 0 radical (unpaired) electrons. The zero-order chi connectivity index (χ0) is 23.0. The van der Waals surface area contributed by atoms with Crippen LogP contribution in [0.5, 0.6) is 5.75 Å². The van der Waals surface area contributed by atoms with Gasteiger partial charge in [0.1, 0.15) is 17.5 Å². The van der Waals surface area contributed by atoms with E-state index in [0.29, 0.717) is 25.4 Å². The van der Waals surface area contributed by atoms with Crippen LogP contribution >= 0.6 is 0 Å². The van der Waals surface area contributed by atoms with E-state index in [-0.39, 0.29) is 18.6 Å². The number of nitrogens with one attached hydrogen (secondary N) is 1. The Morgan fingerprint density at radius 1 is 1.16 bits per heavy atom. The highest BCUT2D eigenvalue weighted by Gasteiger charge is 2.43. The number of aliphatic hydroxyl groups is 1.